The number of para-hydroxylation sites is 2. The number of rotatable bonds is 4. The van der Waals surface area contributed by atoms with Crippen LogP contribution in [0.3, 0.4) is 0 Å². The van der Waals surface area contributed by atoms with Crippen LogP contribution in [0.5, 0.6) is 5.75 Å². The van der Waals surface area contributed by atoms with E-state index in [1.54, 1.807) is 12.0 Å². The Bertz CT molecular complexity index is 991. The lowest BCUT2D eigenvalue weighted by Crippen LogP contribution is -2.34. The number of likely N-dealkylation sites (tertiary alicyclic amines) is 1. The summed E-state index contributed by atoms with van der Waals surface area (Å²) in [6.07, 6.45) is 1.65. The fraction of sp³-hybridized carbons (Fsp3) is 0.250. The highest BCUT2D eigenvalue weighted by Gasteiger charge is 2.34. The number of nitrogens with zero attached hydrogens (tertiary/aromatic N) is 3. The molecule has 0 bridgehead atoms. The number of hydrogen-bond donors (Lipinski definition) is 1. The van der Waals surface area contributed by atoms with E-state index in [4.69, 9.17) is 9.26 Å². The van der Waals surface area contributed by atoms with Gasteiger partial charge in [-0.3, -0.25) is 0 Å². The van der Waals surface area contributed by atoms with Crippen molar-refractivity contribution in [1.82, 2.24) is 15.0 Å². The number of hydrogen-bond acceptors (Lipinski definition) is 5. The van der Waals surface area contributed by atoms with Crippen LogP contribution in [-0.4, -0.2) is 34.7 Å². The molecule has 1 aliphatic heterocycles. The standard InChI is InChI=1S/C20H19BrN4O3/c1-27-17-11-5-2-7-13(17)18-23-19(28-24-18)16-10-6-12-25(16)20(26)22-15-9-4-3-8-14(15)21/h2-5,7-9,11,16H,6,10,12H2,1H3,(H,22,26). The van der Waals surface area contributed by atoms with Crippen molar-refractivity contribution in [1.29, 1.82) is 0 Å². The Hall–Kier alpha value is -2.87. The maximum absolute atomic E-state index is 12.8. The van der Waals surface area contributed by atoms with E-state index in [2.05, 4.69) is 31.4 Å². The summed E-state index contributed by atoms with van der Waals surface area (Å²) in [6.45, 7) is 0.632. The molecule has 2 aromatic carbocycles. The second kappa shape index (κ2) is 8.02. The number of nitrogens with one attached hydrogen (secondary N) is 1. The summed E-state index contributed by atoms with van der Waals surface area (Å²) in [5.74, 6) is 1.55. The molecule has 1 unspecified atom stereocenters. The molecule has 0 aliphatic carbocycles. The van der Waals surface area contributed by atoms with Crippen LogP contribution in [0.2, 0.25) is 0 Å². The normalized spacial score (nSPS) is 16.2. The lowest BCUT2D eigenvalue weighted by atomic mass is 10.2. The van der Waals surface area contributed by atoms with Crippen LogP contribution in [0, 0.1) is 0 Å². The number of benzene rings is 2. The van der Waals surface area contributed by atoms with Crippen molar-refractivity contribution < 1.29 is 14.1 Å². The maximum Gasteiger partial charge on any atom is 0.322 e. The van der Waals surface area contributed by atoms with Crippen LogP contribution < -0.4 is 10.1 Å². The molecule has 7 nitrogen and oxygen atoms in total. The number of methoxy groups -OCH3 is 1. The van der Waals surface area contributed by atoms with Crippen LogP contribution >= 0.6 is 15.9 Å². The van der Waals surface area contributed by atoms with E-state index in [0.717, 1.165) is 28.6 Å². The van der Waals surface area contributed by atoms with Crippen LogP contribution in [0.15, 0.2) is 57.5 Å². The van der Waals surface area contributed by atoms with Crippen molar-refractivity contribution in [2.75, 3.05) is 19.0 Å². The van der Waals surface area contributed by atoms with Crippen molar-refractivity contribution in [2.45, 2.75) is 18.9 Å². The topological polar surface area (TPSA) is 80.5 Å². The second-order valence-electron chi connectivity index (χ2n) is 6.42. The quantitative estimate of drug-likeness (QED) is 0.622. The molecule has 0 radical (unpaired) electrons. The molecule has 8 heteroatoms. The Labute approximate surface area is 170 Å². The van der Waals surface area contributed by atoms with Crippen LogP contribution in [0.25, 0.3) is 11.4 Å². The van der Waals surface area contributed by atoms with Crippen molar-refractivity contribution in [3.63, 3.8) is 0 Å². The van der Waals surface area contributed by atoms with Gasteiger partial charge in [-0.05, 0) is 53.0 Å². The van der Waals surface area contributed by atoms with Gasteiger partial charge in [-0.25, -0.2) is 4.79 Å². The summed E-state index contributed by atoms with van der Waals surface area (Å²) in [5.41, 5.74) is 1.47. The maximum atomic E-state index is 12.8. The van der Waals surface area contributed by atoms with Gasteiger partial charge >= 0.3 is 6.03 Å². The molecule has 1 fully saturated rings. The molecular formula is C20H19BrN4O3. The van der Waals surface area contributed by atoms with E-state index < -0.39 is 0 Å². The molecule has 1 atom stereocenters. The zero-order chi connectivity index (χ0) is 19.5. The van der Waals surface area contributed by atoms with E-state index in [1.807, 2.05) is 48.5 Å². The fourth-order valence-corrected chi connectivity index (χ4v) is 3.71. The third-order valence-corrected chi connectivity index (χ3v) is 5.40. The molecule has 2 amide bonds. The number of carbonyl (C=O) groups is 1. The van der Waals surface area contributed by atoms with Crippen LogP contribution in [-0.2, 0) is 0 Å². The summed E-state index contributed by atoms with van der Waals surface area (Å²) in [6, 6.07) is 14.6. The zero-order valence-corrected chi connectivity index (χ0v) is 16.8. The first kappa shape index (κ1) is 18.5. The lowest BCUT2D eigenvalue weighted by molar-refractivity contribution is 0.193. The van der Waals surface area contributed by atoms with Gasteiger partial charge in [-0.2, -0.15) is 4.98 Å². The van der Waals surface area contributed by atoms with E-state index >= 15 is 0 Å². The number of urea groups is 1. The minimum atomic E-state index is -0.251. The molecule has 1 N–H and O–H groups in total. The van der Waals surface area contributed by atoms with Gasteiger partial charge in [0.1, 0.15) is 11.8 Å². The van der Waals surface area contributed by atoms with Crippen molar-refractivity contribution in [3.8, 4) is 17.1 Å². The van der Waals surface area contributed by atoms with Crippen molar-refractivity contribution in [2.24, 2.45) is 0 Å². The molecule has 0 saturated carbocycles. The van der Waals surface area contributed by atoms with Gasteiger partial charge in [-0.1, -0.05) is 29.4 Å². The average molecular weight is 443 g/mol. The molecular weight excluding hydrogens is 424 g/mol. The van der Waals surface area contributed by atoms with Crippen molar-refractivity contribution >= 4 is 27.6 Å². The summed E-state index contributed by atoms with van der Waals surface area (Å²) in [5, 5.41) is 7.04. The monoisotopic (exact) mass is 442 g/mol. The second-order valence-corrected chi connectivity index (χ2v) is 7.27. The number of halogens is 1. The molecule has 1 saturated heterocycles. The largest absolute Gasteiger partial charge is 0.496 e. The molecule has 1 aromatic heterocycles. The highest BCUT2D eigenvalue weighted by molar-refractivity contribution is 9.10. The van der Waals surface area contributed by atoms with Gasteiger partial charge in [0.25, 0.3) is 0 Å². The fourth-order valence-electron chi connectivity index (χ4n) is 3.33. The zero-order valence-electron chi connectivity index (χ0n) is 15.3. The first-order chi connectivity index (χ1) is 13.7. The van der Waals surface area contributed by atoms with Gasteiger partial charge in [0.15, 0.2) is 0 Å². The Morgan fingerprint density at radius 1 is 1.25 bits per heavy atom. The smallest absolute Gasteiger partial charge is 0.322 e. The summed E-state index contributed by atoms with van der Waals surface area (Å²) in [7, 11) is 1.60. The van der Waals surface area contributed by atoms with E-state index in [1.165, 1.54) is 0 Å². The SMILES string of the molecule is COc1ccccc1-c1noc(C2CCCN2C(=O)Nc2ccccc2Br)n1. The van der Waals surface area contributed by atoms with Gasteiger partial charge in [0.2, 0.25) is 11.7 Å². The van der Waals surface area contributed by atoms with Gasteiger partial charge in [-0.15, -0.1) is 0 Å². The van der Waals surface area contributed by atoms with Gasteiger partial charge in [0.05, 0.1) is 18.4 Å². The summed E-state index contributed by atoms with van der Waals surface area (Å²) >= 11 is 3.45. The highest BCUT2D eigenvalue weighted by atomic mass is 79.9. The summed E-state index contributed by atoms with van der Waals surface area (Å²) < 4.78 is 11.7. The molecule has 2 heterocycles. The number of amides is 2. The minimum absolute atomic E-state index is 0.188. The first-order valence-corrected chi connectivity index (χ1v) is 9.76. The average Bonchev–Trinajstić information content (AvgIpc) is 3.39. The number of ether oxygens (including phenoxy) is 1. The number of carbonyl (C=O) groups excluding carboxylic acids is 1. The molecule has 3 aromatic rings. The number of aromatic nitrogens is 2. The van der Waals surface area contributed by atoms with Crippen LogP contribution in [0.1, 0.15) is 24.8 Å². The molecule has 4 rings (SSSR count). The van der Waals surface area contributed by atoms with E-state index in [-0.39, 0.29) is 12.1 Å². The highest BCUT2D eigenvalue weighted by Crippen LogP contribution is 2.34. The third kappa shape index (κ3) is 3.60. The minimum Gasteiger partial charge on any atom is -0.496 e. The predicted octanol–water partition coefficient (Wildman–Crippen LogP) is 4.88. The molecule has 0 spiro atoms. The van der Waals surface area contributed by atoms with Gasteiger partial charge < -0.3 is 19.5 Å². The first-order valence-electron chi connectivity index (χ1n) is 8.96. The Morgan fingerprint density at radius 3 is 2.86 bits per heavy atom. The molecule has 1 aliphatic rings. The van der Waals surface area contributed by atoms with Crippen LogP contribution in [0.4, 0.5) is 10.5 Å². The Morgan fingerprint density at radius 2 is 2.04 bits per heavy atom. The Balaban J connectivity index is 1.55. The summed E-state index contributed by atoms with van der Waals surface area (Å²) in [4.78, 5) is 19.1. The van der Waals surface area contributed by atoms with E-state index in [9.17, 15) is 4.79 Å². The third-order valence-electron chi connectivity index (χ3n) is 4.70. The lowest BCUT2D eigenvalue weighted by Gasteiger charge is -2.22. The Kier molecular flexibility index (Phi) is 5.29. The molecule has 144 valence electrons. The number of anilines is 1. The molecule has 28 heavy (non-hydrogen) atoms. The van der Waals surface area contributed by atoms with E-state index in [0.29, 0.717) is 24.0 Å². The predicted molar refractivity (Wildman–Crippen MR) is 108 cm³/mol. The van der Waals surface area contributed by atoms with Crippen molar-refractivity contribution in [3.05, 3.63) is 58.9 Å². The van der Waals surface area contributed by atoms with Gasteiger partial charge in [0, 0.05) is 11.0 Å².